The van der Waals surface area contributed by atoms with Crippen LogP contribution >= 0.6 is 22.6 Å². The van der Waals surface area contributed by atoms with Crippen LogP contribution in [-0.4, -0.2) is 38.0 Å². The minimum atomic E-state index is -0.0887. The first-order valence-electron chi connectivity index (χ1n) is 6.94. The predicted molar refractivity (Wildman–Crippen MR) is 92.4 cm³/mol. The van der Waals surface area contributed by atoms with Gasteiger partial charge in [-0.05, 0) is 67.1 Å². The van der Waals surface area contributed by atoms with E-state index < -0.39 is 0 Å². The van der Waals surface area contributed by atoms with Crippen LogP contribution in [0.25, 0.3) is 0 Å². The van der Waals surface area contributed by atoms with Crippen LogP contribution in [0.5, 0.6) is 0 Å². The molecule has 0 saturated carbocycles. The summed E-state index contributed by atoms with van der Waals surface area (Å²) in [5.41, 5.74) is 1.85. The highest BCUT2D eigenvalue weighted by atomic mass is 127. The highest BCUT2D eigenvalue weighted by Crippen LogP contribution is 2.17. The van der Waals surface area contributed by atoms with Gasteiger partial charge in [-0.3, -0.25) is 9.59 Å². The molecule has 1 atom stereocenters. The highest BCUT2D eigenvalue weighted by Gasteiger charge is 2.15. The third-order valence-electron chi connectivity index (χ3n) is 2.84. The molecule has 0 aliphatic rings. The van der Waals surface area contributed by atoms with Crippen LogP contribution in [-0.2, 0) is 9.59 Å². The Morgan fingerprint density at radius 3 is 2.43 bits per heavy atom. The number of hydrogen-bond donors (Lipinski definition) is 3. The van der Waals surface area contributed by atoms with Crippen molar-refractivity contribution in [1.29, 1.82) is 0 Å². The molecule has 1 unspecified atom stereocenters. The van der Waals surface area contributed by atoms with Crippen molar-refractivity contribution in [2.24, 2.45) is 0 Å². The fraction of sp³-hybridized carbons (Fsp3) is 0.467. The van der Waals surface area contributed by atoms with E-state index in [-0.39, 0.29) is 30.9 Å². The Morgan fingerprint density at radius 2 is 1.86 bits per heavy atom. The molecule has 21 heavy (non-hydrogen) atoms. The molecule has 0 radical (unpaired) electrons. The van der Waals surface area contributed by atoms with Gasteiger partial charge in [-0.15, -0.1) is 0 Å². The highest BCUT2D eigenvalue weighted by molar-refractivity contribution is 14.1. The van der Waals surface area contributed by atoms with Crippen LogP contribution in [0.4, 0.5) is 5.69 Å². The van der Waals surface area contributed by atoms with Gasteiger partial charge in [0, 0.05) is 15.3 Å². The number of likely N-dealkylation sites (N-methyl/N-ethyl adjacent to an activating group) is 1. The van der Waals surface area contributed by atoms with Gasteiger partial charge in [0.2, 0.25) is 0 Å². The lowest BCUT2D eigenvalue weighted by Gasteiger charge is -2.15. The van der Waals surface area contributed by atoms with Crippen molar-refractivity contribution in [3.05, 3.63) is 27.3 Å². The van der Waals surface area contributed by atoms with Gasteiger partial charge in [0.05, 0.1) is 7.05 Å². The number of amides is 2. The van der Waals surface area contributed by atoms with Crippen LogP contribution in [0.2, 0.25) is 0 Å². The van der Waals surface area contributed by atoms with Crippen LogP contribution < -0.4 is 15.5 Å². The largest absolute Gasteiger partial charge is 0.349 e. The lowest BCUT2D eigenvalue weighted by molar-refractivity contribution is -0.862. The van der Waals surface area contributed by atoms with E-state index >= 15 is 0 Å². The Morgan fingerprint density at radius 1 is 1.24 bits per heavy atom. The lowest BCUT2D eigenvalue weighted by atomic mass is 10.2. The molecule has 1 rings (SSSR count). The number of quaternary nitrogens is 1. The van der Waals surface area contributed by atoms with Crippen molar-refractivity contribution >= 4 is 40.1 Å². The quantitative estimate of drug-likeness (QED) is 0.608. The van der Waals surface area contributed by atoms with Gasteiger partial charge in [0.15, 0.2) is 13.1 Å². The molecule has 0 spiro atoms. The van der Waals surface area contributed by atoms with Crippen molar-refractivity contribution in [3.8, 4) is 0 Å². The third-order valence-corrected chi connectivity index (χ3v) is 3.51. The molecule has 5 nitrogen and oxygen atoms in total. The van der Waals surface area contributed by atoms with Crippen LogP contribution in [0.3, 0.4) is 0 Å². The number of halogens is 1. The summed E-state index contributed by atoms with van der Waals surface area (Å²) in [6.07, 6.45) is 0. The van der Waals surface area contributed by atoms with Crippen molar-refractivity contribution in [3.63, 3.8) is 0 Å². The van der Waals surface area contributed by atoms with E-state index in [1.165, 1.54) is 0 Å². The first kappa shape index (κ1) is 17.9. The Balaban J connectivity index is 2.47. The summed E-state index contributed by atoms with van der Waals surface area (Å²) in [5.74, 6) is -0.130. The molecule has 0 heterocycles. The molecule has 116 valence electrons. The Bertz CT molecular complexity index is 518. The van der Waals surface area contributed by atoms with E-state index in [4.69, 9.17) is 0 Å². The van der Waals surface area contributed by atoms with Gasteiger partial charge in [-0.2, -0.15) is 0 Å². The average molecular weight is 404 g/mol. The van der Waals surface area contributed by atoms with E-state index in [2.05, 4.69) is 33.2 Å². The first-order chi connectivity index (χ1) is 9.77. The molecule has 0 aromatic heterocycles. The molecule has 0 fully saturated rings. The SMILES string of the molecule is Cc1cc(I)ccc1NC(=O)C[NH+](C)CC(=O)NC(C)C. The van der Waals surface area contributed by atoms with Gasteiger partial charge in [0.1, 0.15) is 0 Å². The van der Waals surface area contributed by atoms with Gasteiger partial charge in [-0.25, -0.2) is 0 Å². The Kier molecular flexibility index (Phi) is 7.10. The number of rotatable bonds is 6. The summed E-state index contributed by atoms with van der Waals surface area (Å²) in [6, 6.07) is 5.99. The smallest absolute Gasteiger partial charge is 0.279 e. The number of anilines is 1. The summed E-state index contributed by atoms with van der Waals surface area (Å²) >= 11 is 2.24. The monoisotopic (exact) mass is 404 g/mol. The first-order valence-corrected chi connectivity index (χ1v) is 8.02. The topological polar surface area (TPSA) is 62.6 Å². The third kappa shape index (κ3) is 6.90. The van der Waals surface area contributed by atoms with E-state index in [1.54, 1.807) is 0 Å². The molecular formula is C15H23IN3O2+. The maximum absolute atomic E-state index is 12.0. The zero-order chi connectivity index (χ0) is 16.0. The second-order valence-electron chi connectivity index (χ2n) is 5.54. The molecule has 0 bridgehead atoms. The van der Waals surface area contributed by atoms with Crippen molar-refractivity contribution in [1.82, 2.24) is 5.32 Å². The van der Waals surface area contributed by atoms with Gasteiger partial charge in [-0.1, -0.05) is 0 Å². The number of aryl methyl sites for hydroxylation is 1. The number of hydrogen-bond acceptors (Lipinski definition) is 2. The average Bonchev–Trinajstić information content (AvgIpc) is 2.31. The summed E-state index contributed by atoms with van der Waals surface area (Å²) in [4.78, 5) is 24.5. The number of benzene rings is 1. The fourth-order valence-electron chi connectivity index (χ4n) is 1.95. The molecule has 6 heteroatoms. The molecule has 1 aromatic carbocycles. The van der Waals surface area contributed by atoms with Gasteiger partial charge >= 0.3 is 0 Å². The minimum Gasteiger partial charge on any atom is -0.349 e. The molecular weight excluding hydrogens is 381 g/mol. The summed E-state index contributed by atoms with van der Waals surface area (Å²) < 4.78 is 1.14. The maximum atomic E-state index is 12.0. The van der Waals surface area contributed by atoms with Crippen LogP contribution in [0.15, 0.2) is 18.2 Å². The van der Waals surface area contributed by atoms with Gasteiger partial charge in [0.25, 0.3) is 11.8 Å². The standard InChI is InChI=1S/C15H22IN3O2/c1-10(2)17-14(20)8-19(4)9-15(21)18-13-6-5-12(16)7-11(13)3/h5-7,10H,8-9H2,1-4H3,(H,17,20)(H,18,21)/p+1. The summed E-state index contributed by atoms with van der Waals surface area (Å²) in [5, 5.41) is 5.71. The second kappa shape index (κ2) is 8.33. The maximum Gasteiger partial charge on any atom is 0.279 e. The van der Waals surface area contributed by atoms with Crippen molar-refractivity contribution < 1.29 is 14.5 Å². The van der Waals surface area contributed by atoms with Gasteiger partial charge < -0.3 is 15.5 Å². The van der Waals surface area contributed by atoms with Crippen LogP contribution in [0.1, 0.15) is 19.4 Å². The second-order valence-corrected chi connectivity index (χ2v) is 6.79. The molecule has 0 aliphatic carbocycles. The fourth-order valence-corrected chi connectivity index (χ4v) is 2.59. The molecule has 3 N–H and O–H groups in total. The van der Waals surface area contributed by atoms with E-state index in [1.807, 2.05) is 46.0 Å². The molecule has 1 aromatic rings. The number of carbonyl (C=O) groups is 2. The van der Waals surface area contributed by atoms with E-state index in [0.717, 1.165) is 19.7 Å². The molecule has 0 saturated heterocycles. The molecule has 0 aliphatic heterocycles. The van der Waals surface area contributed by atoms with E-state index in [0.29, 0.717) is 0 Å². The lowest BCUT2D eigenvalue weighted by Crippen LogP contribution is -3.11. The normalized spacial score (nSPS) is 12.1. The van der Waals surface area contributed by atoms with Crippen LogP contribution in [0, 0.1) is 10.5 Å². The Hall–Kier alpha value is -1.15. The zero-order valence-corrected chi connectivity index (χ0v) is 15.1. The molecule has 2 amide bonds. The minimum absolute atomic E-state index is 0.0410. The number of carbonyl (C=O) groups excluding carboxylic acids is 2. The predicted octanol–water partition coefficient (Wildman–Crippen LogP) is 0.577. The number of nitrogens with one attached hydrogen (secondary N) is 3. The van der Waals surface area contributed by atoms with E-state index in [9.17, 15) is 9.59 Å². The van der Waals surface area contributed by atoms with Crippen molar-refractivity contribution in [2.45, 2.75) is 26.8 Å². The zero-order valence-electron chi connectivity index (χ0n) is 12.9. The Labute approximate surface area is 139 Å². The summed E-state index contributed by atoms with van der Waals surface area (Å²) in [6.45, 7) is 6.34. The van der Waals surface area contributed by atoms with Crippen molar-refractivity contribution in [2.75, 3.05) is 25.5 Å². The summed E-state index contributed by atoms with van der Waals surface area (Å²) in [7, 11) is 1.83.